The molecule has 0 aliphatic heterocycles. The molecule has 1 unspecified atom stereocenters. The van der Waals surface area contributed by atoms with Gasteiger partial charge in [0.05, 0.1) is 11.0 Å². The molecule has 0 fully saturated rings. The molecule has 4 heteroatoms. The highest BCUT2D eigenvalue weighted by molar-refractivity contribution is 7.09. The summed E-state index contributed by atoms with van der Waals surface area (Å²) in [6.45, 7) is 2.16. The van der Waals surface area contributed by atoms with E-state index in [1.807, 2.05) is 11.6 Å². The number of rotatable bonds is 5. The van der Waals surface area contributed by atoms with Crippen LogP contribution in [0, 0.1) is 0 Å². The first-order valence-electron chi connectivity index (χ1n) is 5.76. The lowest BCUT2D eigenvalue weighted by molar-refractivity contribution is 0.550. The standard InChI is InChI=1S/C13H17N3S/c1-2-10-3-5-11(6-4-10)12(16-14)9-13-15-7-8-17-13/h3-8,12,16H,2,9,14H2,1H3. The van der Waals surface area contributed by atoms with Crippen LogP contribution < -0.4 is 11.3 Å². The van der Waals surface area contributed by atoms with Crippen LogP contribution in [-0.4, -0.2) is 4.98 Å². The maximum Gasteiger partial charge on any atom is 0.0944 e. The normalized spacial score (nSPS) is 12.6. The number of nitrogens with one attached hydrogen (secondary N) is 1. The van der Waals surface area contributed by atoms with E-state index in [1.165, 1.54) is 11.1 Å². The van der Waals surface area contributed by atoms with Gasteiger partial charge in [-0.2, -0.15) is 0 Å². The SMILES string of the molecule is CCc1ccc(C(Cc2nccs2)NN)cc1. The van der Waals surface area contributed by atoms with Crippen LogP contribution in [0.3, 0.4) is 0 Å². The fourth-order valence-corrected chi connectivity index (χ4v) is 2.45. The molecule has 17 heavy (non-hydrogen) atoms. The summed E-state index contributed by atoms with van der Waals surface area (Å²) in [6.07, 6.45) is 3.72. The number of nitrogens with zero attached hydrogens (tertiary/aromatic N) is 1. The fourth-order valence-electron chi connectivity index (χ4n) is 1.79. The van der Waals surface area contributed by atoms with Crippen LogP contribution in [-0.2, 0) is 12.8 Å². The fraction of sp³-hybridized carbons (Fsp3) is 0.308. The first-order chi connectivity index (χ1) is 8.33. The Labute approximate surface area is 106 Å². The Kier molecular flexibility index (Phi) is 4.25. The number of hydrazine groups is 1. The number of hydrogen-bond donors (Lipinski definition) is 2. The van der Waals surface area contributed by atoms with Crippen molar-refractivity contribution in [2.24, 2.45) is 5.84 Å². The summed E-state index contributed by atoms with van der Waals surface area (Å²) >= 11 is 1.66. The molecule has 0 saturated carbocycles. The molecule has 0 aliphatic rings. The van der Waals surface area contributed by atoms with Crippen molar-refractivity contribution < 1.29 is 0 Å². The summed E-state index contributed by atoms with van der Waals surface area (Å²) in [5.74, 6) is 5.62. The van der Waals surface area contributed by atoms with E-state index in [4.69, 9.17) is 5.84 Å². The van der Waals surface area contributed by atoms with E-state index in [9.17, 15) is 0 Å². The van der Waals surface area contributed by atoms with E-state index in [0.717, 1.165) is 17.8 Å². The maximum absolute atomic E-state index is 5.62. The van der Waals surface area contributed by atoms with Crippen molar-refractivity contribution in [2.75, 3.05) is 0 Å². The number of nitrogens with two attached hydrogens (primary N) is 1. The second kappa shape index (κ2) is 5.91. The van der Waals surface area contributed by atoms with Crippen LogP contribution in [0.5, 0.6) is 0 Å². The Morgan fingerprint density at radius 1 is 1.35 bits per heavy atom. The minimum absolute atomic E-state index is 0.132. The molecule has 0 bridgehead atoms. The molecule has 1 heterocycles. The summed E-state index contributed by atoms with van der Waals surface area (Å²) in [5, 5.41) is 3.09. The van der Waals surface area contributed by atoms with Crippen molar-refractivity contribution in [2.45, 2.75) is 25.8 Å². The van der Waals surface area contributed by atoms with E-state index < -0.39 is 0 Å². The van der Waals surface area contributed by atoms with Crippen LogP contribution in [0.4, 0.5) is 0 Å². The van der Waals surface area contributed by atoms with Crippen molar-refractivity contribution in [1.29, 1.82) is 0 Å². The lowest BCUT2D eigenvalue weighted by atomic mass is 10.0. The first kappa shape index (κ1) is 12.2. The largest absolute Gasteiger partial charge is 0.271 e. The van der Waals surface area contributed by atoms with E-state index in [-0.39, 0.29) is 6.04 Å². The smallest absolute Gasteiger partial charge is 0.0944 e. The Morgan fingerprint density at radius 3 is 2.65 bits per heavy atom. The molecule has 90 valence electrons. The topological polar surface area (TPSA) is 50.9 Å². The summed E-state index contributed by atoms with van der Waals surface area (Å²) < 4.78 is 0. The van der Waals surface area contributed by atoms with Gasteiger partial charge < -0.3 is 0 Å². The summed E-state index contributed by atoms with van der Waals surface area (Å²) in [6, 6.07) is 8.71. The van der Waals surface area contributed by atoms with Crippen molar-refractivity contribution in [1.82, 2.24) is 10.4 Å². The summed E-state index contributed by atoms with van der Waals surface area (Å²) in [7, 11) is 0. The first-order valence-corrected chi connectivity index (χ1v) is 6.64. The third-order valence-corrected chi connectivity index (χ3v) is 3.66. The number of benzene rings is 1. The molecule has 0 spiro atoms. The van der Waals surface area contributed by atoms with Gasteiger partial charge in [0.25, 0.3) is 0 Å². The van der Waals surface area contributed by atoms with Gasteiger partial charge in [-0.15, -0.1) is 11.3 Å². The zero-order valence-corrected chi connectivity index (χ0v) is 10.7. The molecule has 0 aliphatic carbocycles. The van der Waals surface area contributed by atoms with Gasteiger partial charge >= 0.3 is 0 Å². The monoisotopic (exact) mass is 247 g/mol. The molecule has 0 radical (unpaired) electrons. The summed E-state index contributed by atoms with van der Waals surface area (Å²) in [4.78, 5) is 4.29. The third-order valence-electron chi connectivity index (χ3n) is 2.85. The number of aromatic nitrogens is 1. The Hall–Kier alpha value is -1.23. The molecule has 0 amide bonds. The Morgan fingerprint density at radius 2 is 2.12 bits per heavy atom. The van der Waals surface area contributed by atoms with Gasteiger partial charge in [-0.3, -0.25) is 11.3 Å². The quantitative estimate of drug-likeness (QED) is 0.630. The second-order valence-corrected chi connectivity index (χ2v) is 4.92. The van der Waals surface area contributed by atoms with Gasteiger partial charge in [-0.25, -0.2) is 4.98 Å². The van der Waals surface area contributed by atoms with E-state index in [2.05, 4.69) is 41.6 Å². The van der Waals surface area contributed by atoms with E-state index in [1.54, 1.807) is 11.3 Å². The average Bonchev–Trinajstić information content (AvgIpc) is 2.89. The van der Waals surface area contributed by atoms with E-state index in [0.29, 0.717) is 0 Å². The number of aryl methyl sites for hydroxylation is 1. The van der Waals surface area contributed by atoms with Crippen molar-refractivity contribution in [3.63, 3.8) is 0 Å². The Bertz CT molecular complexity index is 436. The molecular weight excluding hydrogens is 230 g/mol. The van der Waals surface area contributed by atoms with Gasteiger partial charge in [0, 0.05) is 18.0 Å². The van der Waals surface area contributed by atoms with Gasteiger partial charge in [0.15, 0.2) is 0 Å². The molecule has 2 aromatic rings. The van der Waals surface area contributed by atoms with Crippen LogP contribution in [0.25, 0.3) is 0 Å². The second-order valence-electron chi connectivity index (χ2n) is 3.94. The molecular formula is C13H17N3S. The number of hydrogen-bond acceptors (Lipinski definition) is 4. The molecule has 3 N–H and O–H groups in total. The van der Waals surface area contributed by atoms with E-state index >= 15 is 0 Å². The predicted molar refractivity (Wildman–Crippen MR) is 71.7 cm³/mol. The predicted octanol–water partition coefficient (Wildman–Crippen LogP) is 2.45. The lowest BCUT2D eigenvalue weighted by Gasteiger charge is -2.15. The third kappa shape index (κ3) is 3.12. The highest BCUT2D eigenvalue weighted by Gasteiger charge is 2.11. The van der Waals surface area contributed by atoms with Crippen LogP contribution in [0.1, 0.15) is 29.1 Å². The average molecular weight is 247 g/mol. The minimum atomic E-state index is 0.132. The molecule has 0 saturated heterocycles. The number of thiazole rings is 1. The Balaban J connectivity index is 2.11. The van der Waals surface area contributed by atoms with Crippen LogP contribution in [0.15, 0.2) is 35.8 Å². The van der Waals surface area contributed by atoms with Crippen molar-refractivity contribution >= 4 is 11.3 Å². The molecule has 1 aromatic heterocycles. The van der Waals surface area contributed by atoms with Crippen LogP contribution in [0.2, 0.25) is 0 Å². The van der Waals surface area contributed by atoms with Gasteiger partial charge in [0.2, 0.25) is 0 Å². The van der Waals surface area contributed by atoms with Crippen molar-refractivity contribution in [3.8, 4) is 0 Å². The zero-order chi connectivity index (χ0) is 12.1. The highest BCUT2D eigenvalue weighted by atomic mass is 32.1. The van der Waals surface area contributed by atoms with Gasteiger partial charge in [-0.1, -0.05) is 31.2 Å². The highest BCUT2D eigenvalue weighted by Crippen LogP contribution is 2.19. The minimum Gasteiger partial charge on any atom is -0.271 e. The zero-order valence-electron chi connectivity index (χ0n) is 9.89. The molecule has 3 nitrogen and oxygen atoms in total. The van der Waals surface area contributed by atoms with Crippen molar-refractivity contribution in [3.05, 3.63) is 52.0 Å². The van der Waals surface area contributed by atoms with Gasteiger partial charge in [0.1, 0.15) is 0 Å². The van der Waals surface area contributed by atoms with Crippen LogP contribution >= 0.6 is 11.3 Å². The summed E-state index contributed by atoms with van der Waals surface area (Å²) in [5.41, 5.74) is 5.42. The lowest BCUT2D eigenvalue weighted by Crippen LogP contribution is -2.29. The molecule has 2 rings (SSSR count). The maximum atomic E-state index is 5.62. The molecule has 1 aromatic carbocycles. The molecule has 1 atom stereocenters. The van der Waals surface area contributed by atoms with Gasteiger partial charge in [-0.05, 0) is 17.5 Å².